The summed E-state index contributed by atoms with van der Waals surface area (Å²) in [5.41, 5.74) is 1.15. The molecule has 18 heavy (non-hydrogen) atoms. The Hall–Kier alpha value is -0.803. The third-order valence-electron chi connectivity index (χ3n) is 3.63. The van der Waals surface area contributed by atoms with Gasteiger partial charge in [0, 0.05) is 0 Å². The summed E-state index contributed by atoms with van der Waals surface area (Å²) in [5.74, 6) is 0.941. The lowest BCUT2D eigenvalue weighted by Crippen LogP contribution is -2.43. The first-order chi connectivity index (χ1) is 8.12. The summed E-state index contributed by atoms with van der Waals surface area (Å²) in [6, 6.07) is 8.10. The maximum Gasteiger partial charge on any atom is 0.250 e. The highest BCUT2D eigenvalue weighted by atomic mass is 28.4. The van der Waals surface area contributed by atoms with Crippen LogP contribution in [0.3, 0.4) is 0 Å². The number of hydrogen-bond donors (Lipinski definition) is 1. The zero-order valence-electron chi connectivity index (χ0n) is 12.4. The third kappa shape index (κ3) is 4.14. The van der Waals surface area contributed by atoms with E-state index < -0.39 is 8.32 Å². The number of aliphatic hydroxyl groups excluding tert-OH is 1. The molecule has 2 nitrogen and oxygen atoms in total. The highest BCUT2D eigenvalue weighted by Crippen LogP contribution is 2.37. The molecule has 0 bridgehead atoms. The van der Waals surface area contributed by atoms with Gasteiger partial charge >= 0.3 is 0 Å². The van der Waals surface area contributed by atoms with E-state index in [1.807, 2.05) is 24.3 Å². The van der Waals surface area contributed by atoms with Crippen LogP contribution in [0.5, 0.6) is 5.75 Å². The summed E-state index contributed by atoms with van der Waals surface area (Å²) < 4.78 is 6.20. The fourth-order valence-electron chi connectivity index (χ4n) is 1.48. The van der Waals surface area contributed by atoms with Crippen molar-refractivity contribution >= 4 is 8.32 Å². The second-order valence-corrected chi connectivity index (χ2v) is 11.3. The van der Waals surface area contributed by atoms with Crippen LogP contribution in [0.25, 0.3) is 0 Å². The summed E-state index contributed by atoms with van der Waals surface area (Å²) >= 11 is 0. The Morgan fingerprint density at radius 2 is 1.67 bits per heavy atom. The summed E-state index contributed by atoms with van der Waals surface area (Å²) in [5, 5.41) is 9.56. The molecule has 1 rings (SSSR count). The average Bonchev–Trinajstić information content (AvgIpc) is 2.18. The molecule has 0 saturated carbocycles. The van der Waals surface area contributed by atoms with E-state index in [1.54, 1.807) is 6.92 Å². The molecule has 1 unspecified atom stereocenters. The summed E-state index contributed by atoms with van der Waals surface area (Å²) in [7, 11) is -1.74. The van der Waals surface area contributed by atoms with Crippen LogP contribution in [-0.4, -0.2) is 19.5 Å². The SMILES string of the molecule is CC(O)Cc1ccc(O[Si](C)(C)C(C)(C)C)cc1. The normalized spacial score (nSPS) is 14.4. The highest BCUT2D eigenvalue weighted by molar-refractivity contribution is 6.74. The fraction of sp³-hybridized carbons (Fsp3) is 0.600. The molecule has 1 aromatic rings. The van der Waals surface area contributed by atoms with Crippen LogP contribution in [0.1, 0.15) is 33.3 Å². The fourth-order valence-corrected chi connectivity index (χ4v) is 2.51. The van der Waals surface area contributed by atoms with E-state index in [9.17, 15) is 5.11 Å². The molecule has 0 aliphatic heterocycles. The molecule has 3 heteroatoms. The minimum atomic E-state index is -1.74. The lowest BCUT2D eigenvalue weighted by Gasteiger charge is -2.36. The molecule has 1 atom stereocenters. The predicted molar refractivity (Wildman–Crippen MR) is 79.7 cm³/mol. The molecule has 0 aromatic heterocycles. The summed E-state index contributed by atoms with van der Waals surface area (Å²) in [6.45, 7) is 13.0. The van der Waals surface area contributed by atoms with Gasteiger partial charge in [0.1, 0.15) is 5.75 Å². The van der Waals surface area contributed by atoms with E-state index in [2.05, 4.69) is 33.9 Å². The van der Waals surface area contributed by atoms with Crippen molar-refractivity contribution in [3.63, 3.8) is 0 Å². The minimum absolute atomic E-state index is 0.214. The number of aliphatic hydroxyl groups is 1. The smallest absolute Gasteiger partial charge is 0.250 e. The van der Waals surface area contributed by atoms with Crippen molar-refractivity contribution in [2.24, 2.45) is 0 Å². The van der Waals surface area contributed by atoms with E-state index in [1.165, 1.54) is 0 Å². The van der Waals surface area contributed by atoms with Crippen molar-refractivity contribution in [1.29, 1.82) is 0 Å². The molecule has 0 aliphatic carbocycles. The topological polar surface area (TPSA) is 29.5 Å². The quantitative estimate of drug-likeness (QED) is 0.835. The molecule has 0 saturated heterocycles. The van der Waals surface area contributed by atoms with Crippen LogP contribution >= 0.6 is 0 Å². The van der Waals surface area contributed by atoms with E-state index in [0.717, 1.165) is 11.3 Å². The van der Waals surface area contributed by atoms with Crippen LogP contribution in [0, 0.1) is 0 Å². The molecule has 0 heterocycles. The monoisotopic (exact) mass is 266 g/mol. The lowest BCUT2D eigenvalue weighted by atomic mass is 10.1. The molecule has 0 aliphatic rings. The molecule has 1 N–H and O–H groups in total. The van der Waals surface area contributed by atoms with Crippen molar-refractivity contribution in [3.8, 4) is 5.75 Å². The zero-order chi connectivity index (χ0) is 14.0. The Balaban J connectivity index is 2.75. The molecule has 0 amide bonds. The van der Waals surface area contributed by atoms with Crippen molar-refractivity contribution in [2.45, 2.75) is 58.4 Å². The lowest BCUT2D eigenvalue weighted by molar-refractivity contribution is 0.195. The van der Waals surface area contributed by atoms with E-state index >= 15 is 0 Å². The van der Waals surface area contributed by atoms with Gasteiger partial charge in [0.15, 0.2) is 0 Å². The standard InChI is InChI=1S/C15H26O2Si/c1-12(16)11-13-7-9-14(10-8-13)17-18(5,6)15(2,3)4/h7-10,12,16H,11H2,1-6H3. The predicted octanol–water partition coefficient (Wildman–Crippen LogP) is 3.99. The molecule has 0 spiro atoms. The maximum atomic E-state index is 9.34. The maximum absolute atomic E-state index is 9.34. The Bertz CT molecular complexity index is 374. The van der Waals surface area contributed by atoms with Crippen molar-refractivity contribution in [1.82, 2.24) is 0 Å². The van der Waals surface area contributed by atoms with Crippen molar-refractivity contribution in [2.75, 3.05) is 0 Å². The van der Waals surface area contributed by atoms with Gasteiger partial charge in [-0.05, 0) is 49.2 Å². The number of rotatable bonds is 4. The zero-order valence-corrected chi connectivity index (χ0v) is 13.4. The molecular weight excluding hydrogens is 240 g/mol. The van der Waals surface area contributed by atoms with Gasteiger partial charge in [0.2, 0.25) is 8.32 Å². The van der Waals surface area contributed by atoms with Gasteiger partial charge in [-0.2, -0.15) is 0 Å². The molecule has 1 aromatic carbocycles. The molecular formula is C15H26O2Si. The first kappa shape index (κ1) is 15.3. The van der Waals surface area contributed by atoms with E-state index in [4.69, 9.17) is 4.43 Å². The van der Waals surface area contributed by atoms with Crippen molar-refractivity contribution in [3.05, 3.63) is 29.8 Å². The molecule has 0 fully saturated rings. The first-order valence-electron chi connectivity index (χ1n) is 6.58. The number of hydrogen-bond acceptors (Lipinski definition) is 2. The van der Waals surface area contributed by atoms with Crippen molar-refractivity contribution < 1.29 is 9.53 Å². The van der Waals surface area contributed by atoms with E-state index in [0.29, 0.717) is 6.42 Å². The third-order valence-corrected chi connectivity index (χ3v) is 7.99. The summed E-state index contributed by atoms with van der Waals surface area (Å²) in [6.07, 6.45) is 0.401. The largest absolute Gasteiger partial charge is 0.544 e. The Labute approximate surface area is 112 Å². The second kappa shape index (κ2) is 5.45. The van der Waals surface area contributed by atoms with Gasteiger partial charge < -0.3 is 9.53 Å². The molecule has 0 radical (unpaired) electrons. The first-order valence-corrected chi connectivity index (χ1v) is 9.49. The minimum Gasteiger partial charge on any atom is -0.544 e. The van der Waals surface area contributed by atoms with Gasteiger partial charge in [0.05, 0.1) is 6.10 Å². The number of benzene rings is 1. The van der Waals surface area contributed by atoms with Gasteiger partial charge in [-0.3, -0.25) is 0 Å². The Kier molecular flexibility index (Phi) is 4.62. The van der Waals surface area contributed by atoms with Crippen LogP contribution in [0.15, 0.2) is 24.3 Å². The van der Waals surface area contributed by atoms with Crippen LogP contribution in [0.2, 0.25) is 18.1 Å². The van der Waals surface area contributed by atoms with Gasteiger partial charge in [-0.25, -0.2) is 0 Å². The van der Waals surface area contributed by atoms with Gasteiger partial charge in [-0.15, -0.1) is 0 Å². The highest BCUT2D eigenvalue weighted by Gasteiger charge is 2.38. The van der Waals surface area contributed by atoms with Crippen LogP contribution in [-0.2, 0) is 6.42 Å². The van der Waals surface area contributed by atoms with Crippen LogP contribution in [0.4, 0.5) is 0 Å². The Morgan fingerprint density at radius 1 is 1.17 bits per heavy atom. The second-order valence-electron chi connectivity index (χ2n) is 6.56. The average molecular weight is 266 g/mol. The van der Waals surface area contributed by atoms with Gasteiger partial charge in [-0.1, -0.05) is 32.9 Å². The Morgan fingerprint density at radius 3 is 2.06 bits per heavy atom. The van der Waals surface area contributed by atoms with Gasteiger partial charge in [0.25, 0.3) is 0 Å². The molecule has 102 valence electrons. The van der Waals surface area contributed by atoms with E-state index in [-0.39, 0.29) is 11.1 Å². The summed E-state index contributed by atoms with van der Waals surface area (Å²) in [4.78, 5) is 0. The van der Waals surface area contributed by atoms with Crippen LogP contribution < -0.4 is 4.43 Å².